The molecule has 0 saturated carbocycles. The molecule has 1 amide bonds. The summed E-state index contributed by atoms with van der Waals surface area (Å²) in [5.74, 6) is -0.455. The molecule has 3 nitrogen and oxygen atoms in total. The highest BCUT2D eigenvalue weighted by Gasteiger charge is 2.04. The molecule has 1 N–H and O–H groups in total. The minimum atomic E-state index is -0.455. The first kappa shape index (κ1) is 10.0. The molecule has 0 aliphatic carbocycles. The molecule has 1 aromatic rings. The van der Waals surface area contributed by atoms with Crippen LogP contribution in [0.4, 0.5) is 5.69 Å². The van der Waals surface area contributed by atoms with E-state index < -0.39 is 5.91 Å². The molecule has 0 fully saturated rings. The Kier molecular flexibility index (Phi) is 3.28. The maximum atomic E-state index is 11.0. The van der Waals surface area contributed by atoms with Gasteiger partial charge in [-0.15, -0.1) is 0 Å². The second kappa shape index (κ2) is 4.25. The van der Waals surface area contributed by atoms with Crippen LogP contribution in [0, 0.1) is 0 Å². The Morgan fingerprint density at radius 3 is 2.85 bits per heavy atom. The molecule has 0 saturated heterocycles. The smallest absolute Gasteiger partial charge is 0.266 e. The molecule has 0 unspecified atom stereocenters. The summed E-state index contributed by atoms with van der Waals surface area (Å²) in [4.78, 5) is 14.8. The zero-order valence-electron chi connectivity index (χ0n) is 6.55. The van der Waals surface area contributed by atoms with Gasteiger partial charge in [0.2, 0.25) is 0 Å². The number of pyridine rings is 1. The number of hydrogen-bond donors (Lipinski definition) is 1. The number of nitrogens with one attached hydrogen (secondary N) is 1. The van der Waals surface area contributed by atoms with Crippen molar-refractivity contribution in [2.75, 3.05) is 5.32 Å². The number of carbonyl (C=O) groups excluding carboxylic acids is 1. The Bertz CT molecular complexity index is 352. The van der Waals surface area contributed by atoms with Crippen molar-refractivity contribution in [3.05, 3.63) is 35.1 Å². The second-order valence-corrected chi connectivity index (χ2v) is 3.07. The number of carbonyl (C=O) groups is 1. The van der Waals surface area contributed by atoms with Crippen molar-refractivity contribution >= 4 is 34.8 Å². The average Bonchev–Trinajstić information content (AvgIpc) is 2.04. The Morgan fingerprint density at radius 2 is 2.31 bits per heavy atom. The Morgan fingerprint density at radius 1 is 1.62 bits per heavy atom. The second-order valence-electron chi connectivity index (χ2n) is 2.23. The third kappa shape index (κ3) is 3.05. The van der Waals surface area contributed by atoms with E-state index in [0.29, 0.717) is 10.8 Å². The van der Waals surface area contributed by atoms with Gasteiger partial charge in [0.25, 0.3) is 5.91 Å². The zero-order chi connectivity index (χ0) is 9.84. The summed E-state index contributed by atoms with van der Waals surface area (Å²) >= 11 is 11.0. The molecule has 0 atom stereocenters. The van der Waals surface area contributed by atoms with E-state index >= 15 is 0 Å². The number of anilines is 1. The number of rotatable bonds is 2. The lowest BCUT2D eigenvalue weighted by Gasteiger charge is -2.02. The third-order valence-electron chi connectivity index (χ3n) is 1.23. The van der Waals surface area contributed by atoms with Crippen LogP contribution >= 0.6 is 23.2 Å². The SMILES string of the molecule is C=C(Cl)C(=O)Nc1ccnc(Cl)c1. The van der Waals surface area contributed by atoms with Gasteiger partial charge >= 0.3 is 0 Å². The molecule has 1 rings (SSSR count). The molecule has 0 radical (unpaired) electrons. The van der Waals surface area contributed by atoms with Crippen LogP contribution in [0.5, 0.6) is 0 Å². The molecule has 13 heavy (non-hydrogen) atoms. The fourth-order valence-corrected chi connectivity index (χ4v) is 0.900. The number of nitrogens with zero attached hydrogens (tertiary/aromatic N) is 1. The normalized spacial score (nSPS) is 9.38. The molecule has 0 spiro atoms. The fraction of sp³-hybridized carbons (Fsp3) is 0. The summed E-state index contributed by atoms with van der Waals surface area (Å²) < 4.78 is 0. The number of aromatic nitrogens is 1. The average molecular weight is 217 g/mol. The van der Waals surface area contributed by atoms with E-state index in [2.05, 4.69) is 16.9 Å². The van der Waals surface area contributed by atoms with Gasteiger partial charge in [0.15, 0.2) is 0 Å². The topological polar surface area (TPSA) is 42.0 Å². The molecule has 1 aromatic heterocycles. The first-order valence-electron chi connectivity index (χ1n) is 3.37. The van der Waals surface area contributed by atoms with E-state index in [1.807, 2.05) is 0 Å². The highest BCUT2D eigenvalue weighted by Crippen LogP contribution is 2.13. The van der Waals surface area contributed by atoms with Crippen LogP contribution in [0.3, 0.4) is 0 Å². The van der Waals surface area contributed by atoms with Crippen LogP contribution in [0.2, 0.25) is 5.15 Å². The standard InChI is InChI=1S/C8H6Cl2N2O/c1-5(9)8(13)12-6-2-3-11-7(10)4-6/h2-4H,1H2,(H,11,12,13). The van der Waals surface area contributed by atoms with E-state index in [-0.39, 0.29) is 5.03 Å². The van der Waals surface area contributed by atoms with Crippen LogP contribution in [0.15, 0.2) is 29.9 Å². The Labute approximate surface area is 85.4 Å². The van der Waals surface area contributed by atoms with Crippen molar-refractivity contribution in [3.8, 4) is 0 Å². The van der Waals surface area contributed by atoms with Crippen LogP contribution in [-0.2, 0) is 4.79 Å². The first-order chi connectivity index (χ1) is 6.09. The van der Waals surface area contributed by atoms with Crippen molar-refractivity contribution in [2.24, 2.45) is 0 Å². The van der Waals surface area contributed by atoms with Crippen molar-refractivity contribution < 1.29 is 4.79 Å². The maximum absolute atomic E-state index is 11.0. The number of amides is 1. The Balaban J connectivity index is 2.75. The predicted molar refractivity (Wildman–Crippen MR) is 52.9 cm³/mol. The highest BCUT2D eigenvalue weighted by atomic mass is 35.5. The summed E-state index contributed by atoms with van der Waals surface area (Å²) in [6, 6.07) is 3.11. The monoisotopic (exact) mass is 216 g/mol. The minimum Gasteiger partial charge on any atom is -0.321 e. The lowest BCUT2D eigenvalue weighted by Crippen LogP contribution is -2.10. The van der Waals surface area contributed by atoms with Crippen LogP contribution in [0.25, 0.3) is 0 Å². The number of halogens is 2. The number of hydrogen-bond acceptors (Lipinski definition) is 2. The summed E-state index contributed by atoms with van der Waals surface area (Å²) in [6.07, 6.45) is 1.48. The predicted octanol–water partition coefficient (Wildman–Crippen LogP) is 2.43. The molecule has 0 aliphatic rings. The van der Waals surface area contributed by atoms with Gasteiger partial charge in [-0.3, -0.25) is 4.79 Å². The van der Waals surface area contributed by atoms with E-state index in [4.69, 9.17) is 23.2 Å². The molecule has 68 valence electrons. The van der Waals surface area contributed by atoms with Crippen LogP contribution < -0.4 is 5.32 Å². The molecule has 0 aromatic carbocycles. The fourth-order valence-electron chi connectivity index (χ4n) is 0.679. The molecule has 5 heteroatoms. The van der Waals surface area contributed by atoms with Gasteiger partial charge in [-0.2, -0.15) is 0 Å². The van der Waals surface area contributed by atoms with Crippen molar-refractivity contribution in [1.29, 1.82) is 0 Å². The molecule has 1 heterocycles. The van der Waals surface area contributed by atoms with Gasteiger partial charge in [0, 0.05) is 11.9 Å². The summed E-state index contributed by atoms with van der Waals surface area (Å²) in [6.45, 7) is 3.28. The van der Waals surface area contributed by atoms with Gasteiger partial charge < -0.3 is 5.32 Å². The maximum Gasteiger partial charge on any atom is 0.266 e. The van der Waals surface area contributed by atoms with Crippen molar-refractivity contribution in [3.63, 3.8) is 0 Å². The van der Waals surface area contributed by atoms with Crippen molar-refractivity contribution in [1.82, 2.24) is 4.98 Å². The highest BCUT2D eigenvalue weighted by molar-refractivity contribution is 6.43. The molecule has 0 bridgehead atoms. The van der Waals surface area contributed by atoms with Gasteiger partial charge in [0.1, 0.15) is 5.15 Å². The molecular formula is C8H6Cl2N2O. The minimum absolute atomic E-state index is 0.0760. The van der Waals surface area contributed by atoms with E-state index in [1.54, 1.807) is 6.07 Å². The van der Waals surface area contributed by atoms with Gasteiger partial charge in [-0.25, -0.2) is 4.98 Å². The lowest BCUT2D eigenvalue weighted by atomic mass is 10.4. The van der Waals surface area contributed by atoms with E-state index in [1.165, 1.54) is 12.3 Å². The summed E-state index contributed by atoms with van der Waals surface area (Å²) in [5.41, 5.74) is 0.534. The van der Waals surface area contributed by atoms with E-state index in [0.717, 1.165) is 0 Å². The lowest BCUT2D eigenvalue weighted by molar-refractivity contribution is -0.112. The molecular weight excluding hydrogens is 211 g/mol. The van der Waals surface area contributed by atoms with Crippen LogP contribution in [0.1, 0.15) is 0 Å². The quantitative estimate of drug-likeness (QED) is 0.610. The van der Waals surface area contributed by atoms with Crippen molar-refractivity contribution in [2.45, 2.75) is 0 Å². The van der Waals surface area contributed by atoms with Crippen LogP contribution in [-0.4, -0.2) is 10.9 Å². The van der Waals surface area contributed by atoms with Gasteiger partial charge in [0.05, 0.1) is 5.03 Å². The first-order valence-corrected chi connectivity index (χ1v) is 4.12. The summed E-state index contributed by atoms with van der Waals surface area (Å²) in [5, 5.41) is 2.72. The summed E-state index contributed by atoms with van der Waals surface area (Å²) in [7, 11) is 0. The zero-order valence-corrected chi connectivity index (χ0v) is 8.06. The largest absolute Gasteiger partial charge is 0.321 e. The van der Waals surface area contributed by atoms with E-state index in [9.17, 15) is 4.79 Å². The Hall–Kier alpha value is -1.06. The van der Waals surface area contributed by atoms with Gasteiger partial charge in [-0.05, 0) is 12.1 Å². The molecule has 0 aliphatic heterocycles. The van der Waals surface area contributed by atoms with Gasteiger partial charge in [-0.1, -0.05) is 29.8 Å². The third-order valence-corrected chi connectivity index (χ3v) is 1.61.